The molecule has 1 aliphatic rings. The first-order valence-corrected chi connectivity index (χ1v) is 5.37. The lowest BCUT2D eigenvalue weighted by atomic mass is 10.0. The summed E-state index contributed by atoms with van der Waals surface area (Å²) in [6.45, 7) is 0. The van der Waals surface area contributed by atoms with E-state index in [0.717, 1.165) is 18.3 Å². The van der Waals surface area contributed by atoms with Crippen LogP contribution >= 0.6 is 23.2 Å². The van der Waals surface area contributed by atoms with Gasteiger partial charge in [-0.3, -0.25) is 0 Å². The summed E-state index contributed by atoms with van der Waals surface area (Å²) in [7, 11) is 0. The maximum atomic E-state index is 10.6. The third kappa shape index (κ3) is 2.32. The molecule has 0 aliphatic carbocycles. The van der Waals surface area contributed by atoms with Crippen molar-refractivity contribution in [2.45, 2.75) is 18.5 Å². The van der Waals surface area contributed by atoms with Crippen LogP contribution in [0.1, 0.15) is 18.0 Å². The molecule has 1 fully saturated rings. The molecule has 2 N–H and O–H groups in total. The number of hydrogen-bond donors (Lipinski definition) is 2. The van der Waals surface area contributed by atoms with Gasteiger partial charge in [-0.1, -0.05) is 29.3 Å². The summed E-state index contributed by atoms with van der Waals surface area (Å²) in [5, 5.41) is 1.07. The molecule has 1 aliphatic heterocycles. The molecule has 0 radical (unpaired) electrons. The fourth-order valence-electron chi connectivity index (χ4n) is 1.62. The van der Waals surface area contributed by atoms with Crippen LogP contribution in [0.3, 0.4) is 0 Å². The van der Waals surface area contributed by atoms with Gasteiger partial charge in [0.15, 0.2) is 0 Å². The molecule has 1 saturated heterocycles. The quantitative estimate of drug-likeness (QED) is 0.784. The van der Waals surface area contributed by atoms with Crippen LogP contribution in [0.25, 0.3) is 0 Å². The lowest BCUT2D eigenvalue weighted by Crippen LogP contribution is -2.31. The predicted molar refractivity (Wildman–Crippen MR) is 59.9 cm³/mol. The van der Waals surface area contributed by atoms with E-state index >= 15 is 0 Å². The van der Waals surface area contributed by atoms with Crippen LogP contribution in [-0.2, 0) is 4.79 Å². The van der Waals surface area contributed by atoms with Crippen molar-refractivity contribution in [3.05, 3.63) is 33.8 Å². The van der Waals surface area contributed by atoms with Gasteiger partial charge in [0.05, 0.1) is 16.1 Å². The Hall–Kier alpha value is -0.610. The Morgan fingerprint density at radius 3 is 2.67 bits per heavy atom. The summed E-state index contributed by atoms with van der Waals surface area (Å²) >= 11 is 11.7. The summed E-state index contributed by atoms with van der Waals surface area (Å²) in [6, 6.07) is 5.45. The molecule has 15 heavy (non-hydrogen) atoms. The molecule has 0 bridgehead atoms. The number of hydrazine groups is 1. The number of benzene rings is 1. The summed E-state index contributed by atoms with van der Waals surface area (Å²) < 4.78 is 0. The highest BCUT2D eigenvalue weighted by Gasteiger charge is 2.24. The first-order chi connectivity index (χ1) is 7.20. The molecule has 2 unspecified atom stereocenters. The Labute approximate surface area is 97.7 Å². The van der Waals surface area contributed by atoms with Gasteiger partial charge in [0.1, 0.15) is 6.29 Å². The van der Waals surface area contributed by atoms with Gasteiger partial charge in [0.25, 0.3) is 0 Å². The van der Waals surface area contributed by atoms with Crippen molar-refractivity contribution < 1.29 is 4.79 Å². The van der Waals surface area contributed by atoms with Gasteiger partial charge in [0.2, 0.25) is 0 Å². The first kappa shape index (κ1) is 10.9. The number of carbonyl (C=O) groups is 1. The van der Waals surface area contributed by atoms with Gasteiger partial charge in [0, 0.05) is 6.04 Å². The van der Waals surface area contributed by atoms with Gasteiger partial charge in [-0.15, -0.1) is 0 Å². The second kappa shape index (κ2) is 4.49. The van der Waals surface area contributed by atoms with Crippen molar-refractivity contribution >= 4 is 29.5 Å². The number of rotatable bonds is 2. The molecule has 1 aromatic carbocycles. The zero-order chi connectivity index (χ0) is 10.8. The second-order valence-electron chi connectivity index (χ2n) is 3.49. The fourth-order valence-corrected chi connectivity index (χ4v) is 1.92. The van der Waals surface area contributed by atoms with Crippen LogP contribution in [0.2, 0.25) is 10.0 Å². The van der Waals surface area contributed by atoms with E-state index in [1.165, 1.54) is 0 Å². The number of carbonyl (C=O) groups excluding carboxylic acids is 1. The minimum Gasteiger partial charge on any atom is -0.302 e. The van der Waals surface area contributed by atoms with E-state index < -0.39 is 0 Å². The van der Waals surface area contributed by atoms with Gasteiger partial charge in [-0.05, 0) is 24.1 Å². The average Bonchev–Trinajstić information content (AvgIpc) is 2.70. The molecule has 80 valence electrons. The van der Waals surface area contributed by atoms with Gasteiger partial charge < -0.3 is 4.79 Å². The van der Waals surface area contributed by atoms with Gasteiger partial charge in [-0.2, -0.15) is 0 Å². The molecule has 1 aromatic rings. The van der Waals surface area contributed by atoms with Crippen molar-refractivity contribution in [1.82, 2.24) is 10.9 Å². The van der Waals surface area contributed by atoms with Crippen LogP contribution in [-0.4, -0.2) is 12.3 Å². The van der Waals surface area contributed by atoms with E-state index in [1.807, 2.05) is 12.1 Å². The standard InChI is InChI=1S/C10H10Cl2N2O/c11-8-2-1-6(3-9(8)12)10-4-7(5-15)13-14-10/h1-3,5,7,10,13-14H,4H2. The summed E-state index contributed by atoms with van der Waals surface area (Å²) in [5.74, 6) is 0. The smallest absolute Gasteiger partial charge is 0.138 e. The van der Waals surface area contributed by atoms with Crippen LogP contribution in [0, 0.1) is 0 Å². The third-order valence-corrected chi connectivity index (χ3v) is 3.18. The van der Waals surface area contributed by atoms with E-state index in [9.17, 15) is 4.79 Å². The topological polar surface area (TPSA) is 41.1 Å². The average molecular weight is 245 g/mol. The monoisotopic (exact) mass is 244 g/mol. The zero-order valence-electron chi connectivity index (χ0n) is 7.84. The van der Waals surface area contributed by atoms with Crippen molar-refractivity contribution in [3.8, 4) is 0 Å². The summed E-state index contributed by atoms with van der Waals surface area (Å²) in [5.41, 5.74) is 6.96. The Morgan fingerprint density at radius 1 is 1.27 bits per heavy atom. The molecule has 2 rings (SSSR count). The van der Waals surface area contributed by atoms with E-state index in [0.29, 0.717) is 10.0 Å². The minimum atomic E-state index is -0.135. The maximum Gasteiger partial charge on any atom is 0.138 e. The number of halogens is 2. The van der Waals surface area contributed by atoms with Crippen molar-refractivity contribution in [2.24, 2.45) is 0 Å². The van der Waals surface area contributed by atoms with Crippen LogP contribution in [0.15, 0.2) is 18.2 Å². The Bertz CT molecular complexity index is 384. The molecule has 2 atom stereocenters. The van der Waals surface area contributed by atoms with E-state index in [-0.39, 0.29) is 12.1 Å². The largest absolute Gasteiger partial charge is 0.302 e. The van der Waals surface area contributed by atoms with Crippen molar-refractivity contribution in [2.75, 3.05) is 0 Å². The van der Waals surface area contributed by atoms with E-state index in [1.54, 1.807) is 6.07 Å². The number of nitrogens with one attached hydrogen (secondary N) is 2. The molecule has 0 spiro atoms. The minimum absolute atomic E-state index is 0.106. The SMILES string of the molecule is O=CC1CC(c2ccc(Cl)c(Cl)c2)NN1. The lowest BCUT2D eigenvalue weighted by Gasteiger charge is -2.10. The highest BCUT2D eigenvalue weighted by atomic mass is 35.5. The normalized spacial score (nSPS) is 25.5. The Kier molecular flexibility index (Phi) is 3.26. The number of aldehydes is 1. The van der Waals surface area contributed by atoms with E-state index in [4.69, 9.17) is 23.2 Å². The van der Waals surface area contributed by atoms with E-state index in [2.05, 4.69) is 10.9 Å². The molecule has 3 nitrogen and oxygen atoms in total. The highest BCUT2D eigenvalue weighted by molar-refractivity contribution is 6.42. The van der Waals surface area contributed by atoms with Crippen LogP contribution < -0.4 is 10.9 Å². The first-order valence-electron chi connectivity index (χ1n) is 4.62. The Balaban J connectivity index is 2.17. The van der Waals surface area contributed by atoms with Crippen molar-refractivity contribution in [3.63, 3.8) is 0 Å². The summed E-state index contributed by atoms with van der Waals surface area (Å²) in [6.07, 6.45) is 1.62. The van der Waals surface area contributed by atoms with Crippen LogP contribution in [0.5, 0.6) is 0 Å². The third-order valence-electron chi connectivity index (χ3n) is 2.44. The van der Waals surface area contributed by atoms with Crippen molar-refractivity contribution in [1.29, 1.82) is 0 Å². The molecule has 0 aromatic heterocycles. The van der Waals surface area contributed by atoms with Gasteiger partial charge >= 0.3 is 0 Å². The lowest BCUT2D eigenvalue weighted by molar-refractivity contribution is -0.109. The molecule has 5 heteroatoms. The zero-order valence-corrected chi connectivity index (χ0v) is 9.35. The Morgan fingerprint density at radius 2 is 2.07 bits per heavy atom. The van der Waals surface area contributed by atoms with Crippen LogP contribution in [0.4, 0.5) is 0 Å². The second-order valence-corrected chi connectivity index (χ2v) is 4.31. The molecule has 0 saturated carbocycles. The molecular weight excluding hydrogens is 235 g/mol. The molecule has 0 amide bonds. The summed E-state index contributed by atoms with van der Waals surface area (Å²) in [4.78, 5) is 10.6. The molecule has 1 heterocycles. The number of hydrogen-bond acceptors (Lipinski definition) is 3. The maximum absolute atomic E-state index is 10.6. The molecular formula is C10H10Cl2N2O. The highest BCUT2D eigenvalue weighted by Crippen LogP contribution is 2.28. The van der Waals surface area contributed by atoms with Gasteiger partial charge in [-0.25, -0.2) is 10.9 Å². The predicted octanol–water partition coefficient (Wildman–Crippen LogP) is 2.10. The fraction of sp³-hybridized carbons (Fsp3) is 0.300.